The molecule has 2 heterocycles. The molecule has 0 unspecified atom stereocenters. The van der Waals surface area contributed by atoms with Gasteiger partial charge < -0.3 is 9.64 Å². The van der Waals surface area contributed by atoms with Crippen molar-refractivity contribution in [3.05, 3.63) is 11.1 Å². The fourth-order valence-corrected chi connectivity index (χ4v) is 3.34. The maximum Gasteiger partial charge on any atom is 0.311 e. The molecule has 1 aromatic rings. The van der Waals surface area contributed by atoms with E-state index >= 15 is 0 Å². The highest BCUT2D eigenvalue weighted by Gasteiger charge is 2.33. The van der Waals surface area contributed by atoms with Crippen LogP contribution in [0.3, 0.4) is 0 Å². The third kappa shape index (κ3) is 2.83. The lowest BCUT2D eigenvalue weighted by molar-refractivity contribution is -0.142. The number of hydrogen-bond donors (Lipinski definition) is 0. The Morgan fingerprint density at radius 1 is 1.61 bits per heavy atom. The van der Waals surface area contributed by atoms with Crippen molar-refractivity contribution in [3.63, 3.8) is 0 Å². The second kappa shape index (κ2) is 5.26. The highest BCUT2D eigenvalue weighted by atomic mass is 32.1. The maximum absolute atomic E-state index is 11.4. The largest absolute Gasteiger partial charge is 0.466 e. The molecule has 1 aliphatic heterocycles. The van der Waals surface area contributed by atoms with Crippen LogP contribution in [0.25, 0.3) is 0 Å². The van der Waals surface area contributed by atoms with Gasteiger partial charge in [0.1, 0.15) is 0 Å². The second-order valence-electron chi connectivity index (χ2n) is 5.17. The predicted octanol–water partition coefficient (Wildman–Crippen LogP) is 2.63. The fourth-order valence-electron chi connectivity index (χ4n) is 2.32. The summed E-state index contributed by atoms with van der Waals surface area (Å²) in [6, 6.07) is 0. The lowest BCUT2D eigenvalue weighted by atomic mass is 10.0. The number of thiazole rings is 1. The maximum atomic E-state index is 11.4. The smallest absolute Gasteiger partial charge is 0.311 e. The lowest BCUT2D eigenvalue weighted by Crippen LogP contribution is -2.38. The van der Waals surface area contributed by atoms with Crippen molar-refractivity contribution >= 4 is 22.4 Å². The first-order chi connectivity index (χ1) is 8.53. The van der Waals surface area contributed by atoms with Gasteiger partial charge >= 0.3 is 5.97 Å². The van der Waals surface area contributed by atoms with Crippen LogP contribution in [0.5, 0.6) is 0 Å². The summed E-state index contributed by atoms with van der Waals surface area (Å²) in [6.07, 6.45) is 2.68. The minimum absolute atomic E-state index is 0.180. The molecule has 1 saturated heterocycles. The van der Waals surface area contributed by atoms with Crippen molar-refractivity contribution in [2.45, 2.75) is 45.6 Å². The summed E-state index contributed by atoms with van der Waals surface area (Å²) >= 11 is 1.62. The van der Waals surface area contributed by atoms with E-state index in [0.29, 0.717) is 6.61 Å². The molecular weight excluding hydrogens is 248 g/mol. The summed E-state index contributed by atoms with van der Waals surface area (Å²) in [5.41, 5.74) is 0.995. The van der Waals surface area contributed by atoms with Crippen molar-refractivity contribution in [1.29, 1.82) is 0 Å². The Morgan fingerprint density at radius 2 is 2.39 bits per heavy atom. The lowest BCUT2D eigenvalue weighted by Gasteiger charge is -2.31. The SMILES string of the molecule is CCOC(=O)Cc1csc(N2CCCC2(C)C)n1. The van der Waals surface area contributed by atoms with Crippen LogP contribution in [-0.2, 0) is 16.0 Å². The summed E-state index contributed by atoms with van der Waals surface area (Å²) < 4.78 is 4.93. The van der Waals surface area contributed by atoms with Gasteiger partial charge in [0.2, 0.25) is 0 Å². The summed E-state index contributed by atoms with van der Waals surface area (Å²) in [5, 5.41) is 2.98. The molecule has 0 radical (unpaired) electrons. The number of anilines is 1. The zero-order valence-electron chi connectivity index (χ0n) is 11.2. The first-order valence-corrected chi connectivity index (χ1v) is 7.28. The summed E-state index contributed by atoms with van der Waals surface area (Å²) in [7, 11) is 0. The average Bonchev–Trinajstić information content (AvgIpc) is 2.84. The Balaban J connectivity index is 2.04. The molecule has 18 heavy (non-hydrogen) atoms. The zero-order chi connectivity index (χ0) is 13.2. The van der Waals surface area contributed by atoms with Crippen molar-refractivity contribution in [1.82, 2.24) is 4.98 Å². The van der Waals surface area contributed by atoms with Crippen molar-refractivity contribution in [2.24, 2.45) is 0 Å². The Bertz CT molecular complexity index is 428. The van der Waals surface area contributed by atoms with Crippen LogP contribution >= 0.6 is 11.3 Å². The molecule has 0 aromatic carbocycles. The van der Waals surface area contributed by atoms with Gasteiger partial charge in [0.15, 0.2) is 5.13 Å². The number of esters is 1. The van der Waals surface area contributed by atoms with Crippen molar-refractivity contribution < 1.29 is 9.53 Å². The molecule has 100 valence electrons. The summed E-state index contributed by atoms with van der Waals surface area (Å²) in [4.78, 5) is 18.3. The Morgan fingerprint density at radius 3 is 3.00 bits per heavy atom. The number of nitrogens with zero attached hydrogens (tertiary/aromatic N) is 2. The topological polar surface area (TPSA) is 42.4 Å². The molecule has 0 bridgehead atoms. The molecule has 0 atom stereocenters. The normalized spacial score (nSPS) is 18.1. The van der Waals surface area contributed by atoms with E-state index in [2.05, 4.69) is 23.7 Å². The molecular formula is C13H20N2O2S. The van der Waals surface area contributed by atoms with Gasteiger partial charge in [0.25, 0.3) is 0 Å². The minimum atomic E-state index is -0.199. The van der Waals surface area contributed by atoms with Crippen LogP contribution in [0.4, 0.5) is 5.13 Å². The first-order valence-electron chi connectivity index (χ1n) is 6.40. The first kappa shape index (κ1) is 13.3. The monoisotopic (exact) mass is 268 g/mol. The molecule has 1 fully saturated rings. The molecule has 5 heteroatoms. The van der Waals surface area contributed by atoms with Crippen LogP contribution in [-0.4, -0.2) is 29.6 Å². The van der Waals surface area contributed by atoms with E-state index in [1.807, 2.05) is 12.3 Å². The molecule has 0 N–H and O–H groups in total. The molecule has 1 aromatic heterocycles. The van der Waals surface area contributed by atoms with Crippen LogP contribution < -0.4 is 4.90 Å². The summed E-state index contributed by atoms with van der Waals surface area (Å²) in [6.45, 7) is 7.78. The third-order valence-corrected chi connectivity index (χ3v) is 4.21. The van der Waals surface area contributed by atoms with Gasteiger partial charge in [-0.05, 0) is 33.6 Å². The number of ether oxygens (including phenoxy) is 1. The van der Waals surface area contributed by atoms with Gasteiger partial charge in [-0.2, -0.15) is 0 Å². The number of carbonyl (C=O) groups is 1. The van der Waals surface area contributed by atoms with Crippen LogP contribution in [0.2, 0.25) is 0 Å². The molecule has 0 amide bonds. The van der Waals surface area contributed by atoms with Crippen LogP contribution in [0.15, 0.2) is 5.38 Å². The number of aromatic nitrogens is 1. The van der Waals surface area contributed by atoms with Crippen molar-refractivity contribution in [2.75, 3.05) is 18.1 Å². The van der Waals surface area contributed by atoms with Gasteiger partial charge in [-0.15, -0.1) is 11.3 Å². The van der Waals surface area contributed by atoms with Gasteiger partial charge in [-0.25, -0.2) is 4.98 Å². The molecule has 4 nitrogen and oxygen atoms in total. The number of rotatable bonds is 4. The van der Waals surface area contributed by atoms with E-state index in [9.17, 15) is 4.79 Å². The van der Waals surface area contributed by atoms with Gasteiger partial charge in [-0.3, -0.25) is 4.79 Å². The zero-order valence-corrected chi connectivity index (χ0v) is 12.0. The Hall–Kier alpha value is -1.10. The van der Waals surface area contributed by atoms with Gasteiger partial charge in [0, 0.05) is 17.5 Å². The number of hydrogen-bond acceptors (Lipinski definition) is 5. The van der Waals surface area contributed by atoms with E-state index < -0.39 is 0 Å². The van der Waals surface area contributed by atoms with E-state index in [-0.39, 0.29) is 17.9 Å². The number of carbonyl (C=O) groups excluding carboxylic acids is 1. The molecule has 1 aliphatic rings. The van der Waals surface area contributed by atoms with E-state index in [1.165, 1.54) is 12.8 Å². The molecule has 0 aliphatic carbocycles. The Kier molecular flexibility index (Phi) is 3.90. The molecule has 0 saturated carbocycles. The quantitative estimate of drug-likeness (QED) is 0.787. The summed E-state index contributed by atoms with van der Waals surface area (Å²) in [5.74, 6) is -0.199. The third-order valence-electron chi connectivity index (χ3n) is 3.30. The predicted molar refractivity (Wildman–Crippen MR) is 73.1 cm³/mol. The van der Waals surface area contributed by atoms with E-state index in [0.717, 1.165) is 17.4 Å². The molecule has 0 spiro atoms. The minimum Gasteiger partial charge on any atom is -0.466 e. The van der Waals surface area contributed by atoms with Crippen molar-refractivity contribution in [3.8, 4) is 0 Å². The van der Waals surface area contributed by atoms with Gasteiger partial charge in [0.05, 0.1) is 18.7 Å². The second-order valence-corrected chi connectivity index (χ2v) is 6.01. The highest BCUT2D eigenvalue weighted by molar-refractivity contribution is 7.13. The Labute approximate surface area is 112 Å². The highest BCUT2D eigenvalue weighted by Crippen LogP contribution is 2.35. The standard InChI is InChI=1S/C13H20N2O2S/c1-4-17-11(16)8-10-9-18-12(14-10)15-7-5-6-13(15,2)3/h9H,4-8H2,1-3H3. The van der Waals surface area contributed by atoms with E-state index in [1.54, 1.807) is 11.3 Å². The van der Waals surface area contributed by atoms with Crippen LogP contribution in [0.1, 0.15) is 39.3 Å². The van der Waals surface area contributed by atoms with Crippen LogP contribution in [0, 0.1) is 0 Å². The molecule has 2 rings (SSSR count). The fraction of sp³-hybridized carbons (Fsp3) is 0.692. The van der Waals surface area contributed by atoms with E-state index in [4.69, 9.17) is 4.74 Å². The average molecular weight is 268 g/mol. The van der Waals surface area contributed by atoms with Gasteiger partial charge in [-0.1, -0.05) is 0 Å².